The van der Waals surface area contributed by atoms with E-state index < -0.39 is 5.60 Å². The largest absolute Gasteiger partial charge is 0.379 e. The maximum Gasteiger partial charge on any atom is 0.127 e. The van der Waals surface area contributed by atoms with Crippen LogP contribution in [0.2, 0.25) is 10.0 Å². The molecule has 0 radical (unpaired) electrons. The van der Waals surface area contributed by atoms with Gasteiger partial charge in [0.25, 0.3) is 0 Å². The number of hydrogen-bond donors (Lipinski definition) is 2. The van der Waals surface area contributed by atoms with E-state index in [9.17, 15) is 5.11 Å². The lowest BCUT2D eigenvalue weighted by molar-refractivity contribution is 0.0796. The Bertz CT molecular complexity index is 782. The second-order valence-electron chi connectivity index (χ2n) is 5.94. The van der Waals surface area contributed by atoms with Crippen LogP contribution in [0.3, 0.4) is 0 Å². The maximum atomic E-state index is 11.4. The lowest BCUT2D eigenvalue weighted by Crippen LogP contribution is -2.39. The minimum absolute atomic E-state index is 0.376. The van der Waals surface area contributed by atoms with E-state index in [0.717, 1.165) is 16.7 Å². The normalized spacial score (nSPS) is 11.5. The first-order valence-corrected chi connectivity index (χ1v) is 8.83. The van der Waals surface area contributed by atoms with Crippen molar-refractivity contribution in [2.75, 3.05) is 6.54 Å². The van der Waals surface area contributed by atoms with Crippen LogP contribution in [0, 0.1) is 0 Å². The Hall–Kier alpha value is -1.84. The molecular formula is C21H19Cl2NO. The van der Waals surface area contributed by atoms with Crippen molar-refractivity contribution in [3.63, 3.8) is 0 Å². The highest BCUT2D eigenvalue weighted by atomic mass is 35.5. The molecule has 0 aromatic heterocycles. The van der Waals surface area contributed by atoms with E-state index in [2.05, 4.69) is 5.32 Å². The van der Waals surface area contributed by atoms with E-state index in [0.29, 0.717) is 23.1 Å². The predicted octanol–water partition coefficient (Wildman–Crippen LogP) is 5.02. The zero-order valence-electron chi connectivity index (χ0n) is 13.6. The molecule has 3 aromatic carbocycles. The molecule has 2 nitrogen and oxygen atoms in total. The van der Waals surface area contributed by atoms with E-state index in [1.54, 1.807) is 6.07 Å². The molecule has 0 aliphatic rings. The van der Waals surface area contributed by atoms with Gasteiger partial charge in [-0.05, 0) is 28.8 Å². The quantitative estimate of drug-likeness (QED) is 0.637. The van der Waals surface area contributed by atoms with Crippen molar-refractivity contribution >= 4 is 23.2 Å². The van der Waals surface area contributed by atoms with Crippen molar-refractivity contribution < 1.29 is 5.11 Å². The number of hydrogen-bond acceptors (Lipinski definition) is 2. The van der Waals surface area contributed by atoms with Gasteiger partial charge in [0.1, 0.15) is 5.60 Å². The number of benzene rings is 3. The number of aliphatic hydroxyl groups is 1. The van der Waals surface area contributed by atoms with Gasteiger partial charge in [0, 0.05) is 13.1 Å². The van der Waals surface area contributed by atoms with Crippen LogP contribution >= 0.6 is 23.2 Å². The van der Waals surface area contributed by atoms with Crippen LogP contribution in [-0.2, 0) is 12.1 Å². The van der Waals surface area contributed by atoms with E-state index >= 15 is 0 Å². The van der Waals surface area contributed by atoms with Gasteiger partial charge in [-0.15, -0.1) is 0 Å². The number of nitrogens with one attached hydrogen (secondary N) is 1. The van der Waals surface area contributed by atoms with E-state index in [1.165, 1.54) is 0 Å². The second kappa shape index (κ2) is 8.03. The third-order valence-corrected chi connectivity index (χ3v) is 4.94. The van der Waals surface area contributed by atoms with Crippen LogP contribution < -0.4 is 5.32 Å². The van der Waals surface area contributed by atoms with Crippen LogP contribution in [0.1, 0.15) is 16.7 Å². The molecule has 0 amide bonds. The predicted molar refractivity (Wildman–Crippen MR) is 104 cm³/mol. The fraction of sp³-hybridized carbons (Fsp3) is 0.143. The fourth-order valence-electron chi connectivity index (χ4n) is 2.84. The molecule has 0 spiro atoms. The molecule has 2 N–H and O–H groups in total. The molecular weight excluding hydrogens is 353 g/mol. The van der Waals surface area contributed by atoms with Gasteiger partial charge in [-0.3, -0.25) is 0 Å². The first-order chi connectivity index (χ1) is 12.1. The van der Waals surface area contributed by atoms with Crippen molar-refractivity contribution in [1.29, 1.82) is 0 Å². The van der Waals surface area contributed by atoms with Crippen LogP contribution in [-0.4, -0.2) is 11.7 Å². The standard InChI is InChI=1S/C21H19Cl2NO/c22-19-12-11-16(13-20(19)23)14-24-15-21(25,17-7-3-1-4-8-17)18-9-5-2-6-10-18/h1-13,24-25H,14-15H2. The summed E-state index contributed by atoms with van der Waals surface area (Å²) in [6, 6.07) is 24.9. The summed E-state index contributed by atoms with van der Waals surface area (Å²) >= 11 is 12.0. The highest BCUT2D eigenvalue weighted by Gasteiger charge is 2.30. The minimum atomic E-state index is -1.11. The number of rotatable bonds is 6. The van der Waals surface area contributed by atoms with Crippen LogP contribution in [0.25, 0.3) is 0 Å². The van der Waals surface area contributed by atoms with E-state index in [1.807, 2.05) is 72.8 Å². The second-order valence-corrected chi connectivity index (χ2v) is 6.76. The molecule has 0 fully saturated rings. The summed E-state index contributed by atoms with van der Waals surface area (Å²) in [6.45, 7) is 0.958. The van der Waals surface area contributed by atoms with Gasteiger partial charge in [-0.25, -0.2) is 0 Å². The van der Waals surface area contributed by atoms with Crippen molar-refractivity contribution in [2.45, 2.75) is 12.1 Å². The van der Waals surface area contributed by atoms with Crippen molar-refractivity contribution in [2.24, 2.45) is 0 Å². The molecule has 128 valence electrons. The molecule has 0 heterocycles. The molecule has 25 heavy (non-hydrogen) atoms. The third kappa shape index (κ3) is 4.23. The molecule has 0 saturated carbocycles. The highest BCUT2D eigenvalue weighted by molar-refractivity contribution is 6.42. The average molecular weight is 372 g/mol. The Morgan fingerprint density at radius 1 is 0.760 bits per heavy atom. The first kappa shape index (κ1) is 18.0. The average Bonchev–Trinajstić information content (AvgIpc) is 2.66. The van der Waals surface area contributed by atoms with Crippen LogP contribution in [0.15, 0.2) is 78.9 Å². The molecule has 4 heteroatoms. The zero-order chi connectivity index (χ0) is 17.7. The first-order valence-electron chi connectivity index (χ1n) is 8.08. The van der Waals surface area contributed by atoms with Crippen molar-refractivity contribution in [3.05, 3.63) is 106 Å². The molecule has 0 unspecified atom stereocenters. The van der Waals surface area contributed by atoms with Gasteiger partial charge >= 0.3 is 0 Å². The smallest absolute Gasteiger partial charge is 0.127 e. The fourth-order valence-corrected chi connectivity index (χ4v) is 3.16. The molecule has 0 aliphatic carbocycles. The lowest BCUT2D eigenvalue weighted by Gasteiger charge is -2.30. The van der Waals surface area contributed by atoms with Gasteiger partial charge in [0.2, 0.25) is 0 Å². The van der Waals surface area contributed by atoms with Crippen molar-refractivity contribution in [3.8, 4) is 0 Å². The summed E-state index contributed by atoms with van der Waals surface area (Å²) in [5.41, 5.74) is 1.60. The van der Waals surface area contributed by atoms with Gasteiger partial charge in [0.15, 0.2) is 0 Å². The summed E-state index contributed by atoms with van der Waals surface area (Å²) < 4.78 is 0. The summed E-state index contributed by atoms with van der Waals surface area (Å²) in [5.74, 6) is 0. The van der Waals surface area contributed by atoms with Gasteiger partial charge < -0.3 is 10.4 Å². The Morgan fingerprint density at radius 3 is 1.84 bits per heavy atom. The van der Waals surface area contributed by atoms with Crippen LogP contribution in [0.5, 0.6) is 0 Å². The monoisotopic (exact) mass is 371 g/mol. The number of halogens is 2. The molecule has 0 saturated heterocycles. The summed E-state index contributed by atoms with van der Waals surface area (Å²) in [4.78, 5) is 0. The molecule has 3 aromatic rings. The van der Waals surface area contributed by atoms with Gasteiger partial charge in [0.05, 0.1) is 10.0 Å². The Labute approximate surface area is 158 Å². The molecule has 0 atom stereocenters. The maximum absolute atomic E-state index is 11.4. The third-order valence-electron chi connectivity index (χ3n) is 4.20. The highest BCUT2D eigenvalue weighted by Crippen LogP contribution is 2.29. The Balaban J connectivity index is 1.80. The topological polar surface area (TPSA) is 32.3 Å². The summed E-state index contributed by atoms with van der Waals surface area (Å²) in [7, 11) is 0. The lowest BCUT2D eigenvalue weighted by atomic mass is 9.86. The Morgan fingerprint density at radius 2 is 1.32 bits per heavy atom. The SMILES string of the molecule is OC(CNCc1ccc(Cl)c(Cl)c1)(c1ccccc1)c1ccccc1. The van der Waals surface area contributed by atoms with E-state index in [4.69, 9.17) is 23.2 Å². The Kier molecular flexibility index (Phi) is 5.77. The molecule has 3 rings (SSSR count). The van der Waals surface area contributed by atoms with Gasteiger partial charge in [-0.2, -0.15) is 0 Å². The molecule has 0 bridgehead atoms. The van der Waals surface area contributed by atoms with E-state index in [-0.39, 0.29) is 0 Å². The summed E-state index contributed by atoms with van der Waals surface area (Å²) in [5, 5.41) is 15.8. The minimum Gasteiger partial charge on any atom is -0.379 e. The van der Waals surface area contributed by atoms with Gasteiger partial charge in [-0.1, -0.05) is 89.9 Å². The van der Waals surface area contributed by atoms with Crippen LogP contribution in [0.4, 0.5) is 0 Å². The molecule has 0 aliphatic heterocycles. The summed E-state index contributed by atoms with van der Waals surface area (Å²) in [6.07, 6.45) is 0. The zero-order valence-corrected chi connectivity index (χ0v) is 15.1. The van der Waals surface area contributed by atoms with Crippen molar-refractivity contribution in [1.82, 2.24) is 5.32 Å².